The van der Waals surface area contributed by atoms with Crippen LogP contribution in [0.4, 0.5) is 0 Å². The molecule has 1 N–H and O–H groups in total. The van der Waals surface area contributed by atoms with E-state index in [4.69, 9.17) is 4.52 Å². The van der Waals surface area contributed by atoms with Crippen molar-refractivity contribution in [3.63, 3.8) is 0 Å². The van der Waals surface area contributed by atoms with Gasteiger partial charge in [0.15, 0.2) is 5.82 Å². The lowest BCUT2D eigenvalue weighted by molar-refractivity contribution is 0.0564. The summed E-state index contributed by atoms with van der Waals surface area (Å²) in [6.45, 7) is 7.96. The number of aromatic nitrogens is 2. The molecule has 0 spiro atoms. The highest BCUT2D eigenvalue weighted by atomic mass is 16.5. The van der Waals surface area contributed by atoms with E-state index in [0.29, 0.717) is 11.8 Å². The Kier molecular flexibility index (Phi) is 3.79. The Morgan fingerprint density at radius 2 is 1.94 bits per heavy atom. The van der Waals surface area contributed by atoms with Crippen LogP contribution in [-0.2, 0) is 0 Å². The van der Waals surface area contributed by atoms with Crippen molar-refractivity contribution in [2.45, 2.75) is 51.7 Å². The molecule has 1 aromatic heterocycles. The van der Waals surface area contributed by atoms with E-state index in [-0.39, 0.29) is 12.1 Å². The lowest BCUT2D eigenvalue weighted by Crippen LogP contribution is -2.37. The second-order valence-corrected chi connectivity index (χ2v) is 5.09. The zero-order valence-corrected chi connectivity index (χ0v) is 10.8. The van der Waals surface area contributed by atoms with Crippen LogP contribution >= 0.6 is 0 Å². The molecule has 0 aromatic carbocycles. The van der Waals surface area contributed by atoms with Crippen LogP contribution in [0, 0.1) is 0 Å². The summed E-state index contributed by atoms with van der Waals surface area (Å²) >= 11 is 0. The van der Waals surface area contributed by atoms with Crippen molar-refractivity contribution in [2.75, 3.05) is 13.1 Å². The minimum Gasteiger partial charge on any atom is -0.393 e. The van der Waals surface area contributed by atoms with Gasteiger partial charge in [0.2, 0.25) is 5.89 Å². The van der Waals surface area contributed by atoms with Gasteiger partial charge in [0, 0.05) is 19.0 Å². The molecule has 0 radical (unpaired) electrons. The molecule has 0 saturated carbocycles. The minimum atomic E-state index is -0.146. The minimum absolute atomic E-state index is 0.141. The van der Waals surface area contributed by atoms with Gasteiger partial charge in [0.1, 0.15) is 0 Å². The van der Waals surface area contributed by atoms with E-state index in [0.717, 1.165) is 31.8 Å². The van der Waals surface area contributed by atoms with E-state index >= 15 is 0 Å². The number of piperidine rings is 1. The van der Waals surface area contributed by atoms with Crippen LogP contribution in [0.15, 0.2) is 4.52 Å². The quantitative estimate of drug-likeness (QED) is 0.870. The fraction of sp³-hybridized carbons (Fsp3) is 0.833. The summed E-state index contributed by atoms with van der Waals surface area (Å²) < 4.78 is 5.30. The second kappa shape index (κ2) is 5.14. The molecule has 0 aliphatic carbocycles. The van der Waals surface area contributed by atoms with Gasteiger partial charge in [-0.2, -0.15) is 4.98 Å². The molecule has 0 amide bonds. The van der Waals surface area contributed by atoms with Gasteiger partial charge in [-0.15, -0.1) is 0 Å². The summed E-state index contributed by atoms with van der Waals surface area (Å²) in [7, 11) is 0. The van der Waals surface area contributed by atoms with E-state index in [1.165, 1.54) is 0 Å². The first kappa shape index (κ1) is 12.5. The molecule has 2 heterocycles. The van der Waals surface area contributed by atoms with Crippen LogP contribution in [0.25, 0.3) is 0 Å². The Hall–Kier alpha value is -0.940. The normalized spacial score (nSPS) is 21.0. The van der Waals surface area contributed by atoms with Gasteiger partial charge in [-0.25, -0.2) is 0 Å². The fourth-order valence-electron chi connectivity index (χ4n) is 2.08. The van der Waals surface area contributed by atoms with Crippen molar-refractivity contribution in [2.24, 2.45) is 0 Å². The monoisotopic (exact) mass is 239 g/mol. The summed E-state index contributed by atoms with van der Waals surface area (Å²) in [5.41, 5.74) is 0. The third kappa shape index (κ3) is 2.84. The second-order valence-electron chi connectivity index (χ2n) is 5.09. The molecule has 1 atom stereocenters. The highest BCUT2D eigenvalue weighted by molar-refractivity contribution is 4.96. The molecule has 0 bridgehead atoms. The molecule has 5 nitrogen and oxygen atoms in total. The van der Waals surface area contributed by atoms with Crippen molar-refractivity contribution in [3.05, 3.63) is 11.7 Å². The van der Waals surface area contributed by atoms with E-state index < -0.39 is 0 Å². The number of likely N-dealkylation sites (tertiary alicyclic amines) is 1. The molecular formula is C12H21N3O2. The predicted octanol–water partition coefficient (Wildman–Crippen LogP) is 1.71. The lowest BCUT2D eigenvalue weighted by atomic mass is 10.1. The van der Waals surface area contributed by atoms with E-state index in [2.05, 4.69) is 35.8 Å². The van der Waals surface area contributed by atoms with Crippen LogP contribution in [-0.4, -0.2) is 39.3 Å². The van der Waals surface area contributed by atoms with E-state index in [1.54, 1.807) is 0 Å². The summed E-state index contributed by atoms with van der Waals surface area (Å²) in [6, 6.07) is 0.141. The molecule has 1 unspecified atom stereocenters. The molecule has 1 saturated heterocycles. The maximum absolute atomic E-state index is 9.48. The van der Waals surface area contributed by atoms with Crippen molar-refractivity contribution in [1.82, 2.24) is 15.0 Å². The van der Waals surface area contributed by atoms with Gasteiger partial charge in [0.25, 0.3) is 0 Å². The molecular weight excluding hydrogens is 218 g/mol. The van der Waals surface area contributed by atoms with Crippen molar-refractivity contribution in [3.8, 4) is 0 Å². The molecule has 1 aliphatic heterocycles. The molecule has 96 valence electrons. The standard InChI is InChI=1S/C12H21N3O2/c1-8(2)11-13-12(17-14-11)9(3)15-6-4-10(16)5-7-15/h8-10,16H,4-7H2,1-3H3. The molecule has 17 heavy (non-hydrogen) atoms. The topological polar surface area (TPSA) is 62.4 Å². The Bertz CT molecular complexity index is 356. The third-order valence-electron chi connectivity index (χ3n) is 3.38. The van der Waals surface area contributed by atoms with Crippen molar-refractivity contribution in [1.29, 1.82) is 0 Å². The van der Waals surface area contributed by atoms with Crippen LogP contribution in [0.5, 0.6) is 0 Å². The average molecular weight is 239 g/mol. The SMILES string of the molecule is CC(C)c1noc(C(C)N2CCC(O)CC2)n1. The van der Waals surface area contributed by atoms with Gasteiger partial charge in [-0.1, -0.05) is 19.0 Å². The first-order chi connectivity index (χ1) is 8.08. The van der Waals surface area contributed by atoms with Gasteiger partial charge >= 0.3 is 0 Å². The molecule has 2 rings (SSSR count). The van der Waals surface area contributed by atoms with Gasteiger partial charge < -0.3 is 9.63 Å². The maximum Gasteiger partial charge on any atom is 0.243 e. The van der Waals surface area contributed by atoms with Crippen LogP contribution in [0.3, 0.4) is 0 Å². The zero-order chi connectivity index (χ0) is 12.4. The molecule has 1 aliphatic rings. The molecule has 1 fully saturated rings. The number of aliphatic hydroxyl groups excluding tert-OH is 1. The van der Waals surface area contributed by atoms with Gasteiger partial charge in [-0.05, 0) is 19.8 Å². The maximum atomic E-state index is 9.48. The average Bonchev–Trinajstić information content (AvgIpc) is 2.78. The van der Waals surface area contributed by atoms with Crippen LogP contribution in [0.2, 0.25) is 0 Å². The molecule has 1 aromatic rings. The Labute approximate surface area is 102 Å². The number of rotatable bonds is 3. The highest BCUT2D eigenvalue weighted by Gasteiger charge is 2.26. The highest BCUT2D eigenvalue weighted by Crippen LogP contribution is 2.24. The Balaban J connectivity index is 2.01. The smallest absolute Gasteiger partial charge is 0.243 e. The predicted molar refractivity (Wildman–Crippen MR) is 63.6 cm³/mol. The molecule has 5 heteroatoms. The van der Waals surface area contributed by atoms with Crippen molar-refractivity contribution < 1.29 is 9.63 Å². The van der Waals surface area contributed by atoms with E-state index in [9.17, 15) is 5.11 Å². The first-order valence-electron chi connectivity index (χ1n) is 6.33. The van der Waals surface area contributed by atoms with Gasteiger partial charge in [0.05, 0.1) is 12.1 Å². The first-order valence-corrected chi connectivity index (χ1v) is 6.33. The third-order valence-corrected chi connectivity index (χ3v) is 3.38. The summed E-state index contributed by atoms with van der Waals surface area (Å²) in [5, 5.41) is 13.5. The lowest BCUT2D eigenvalue weighted by Gasteiger charge is -2.32. The van der Waals surface area contributed by atoms with Crippen molar-refractivity contribution >= 4 is 0 Å². The van der Waals surface area contributed by atoms with Gasteiger partial charge in [-0.3, -0.25) is 4.90 Å². The summed E-state index contributed by atoms with van der Waals surface area (Å²) in [6.07, 6.45) is 1.51. The number of hydrogen-bond donors (Lipinski definition) is 1. The summed E-state index contributed by atoms with van der Waals surface area (Å²) in [5.74, 6) is 1.75. The van der Waals surface area contributed by atoms with Crippen LogP contribution in [0.1, 0.15) is 57.3 Å². The Morgan fingerprint density at radius 3 is 2.47 bits per heavy atom. The zero-order valence-electron chi connectivity index (χ0n) is 10.8. The van der Waals surface area contributed by atoms with Crippen LogP contribution < -0.4 is 0 Å². The Morgan fingerprint density at radius 1 is 1.29 bits per heavy atom. The summed E-state index contributed by atoms with van der Waals surface area (Å²) in [4.78, 5) is 6.70. The largest absolute Gasteiger partial charge is 0.393 e. The number of nitrogens with zero attached hydrogens (tertiary/aromatic N) is 3. The number of aliphatic hydroxyl groups is 1. The van der Waals surface area contributed by atoms with E-state index in [1.807, 2.05) is 0 Å². The number of hydrogen-bond acceptors (Lipinski definition) is 5. The fourth-order valence-corrected chi connectivity index (χ4v) is 2.08.